The zero-order valence-corrected chi connectivity index (χ0v) is 13.7. The highest BCUT2D eigenvalue weighted by atomic mass is 19.4. The first-order valence-electron chi connectivity index (χ1n) is 8.41. The smallest absolute Gasteiger partial charge is 0.391 e. The summed E-state index contributed by atoms with van der Waals surface area (Å²) >= 11 is 0. The van der Waals surface area contributed by atoms with E-state index in [1.165, 1.54) is 18.2 Å². The van der Waals surface area contributed by atoms with E-state index >= 15 is 0 Å². The first kappa shape index (κ1) is 17.9. The molecule has 1 atom stereocenters. The molecule has 0 bridgehead atoms. The summed E-state index contributed by atoms with van der Waals surface area (Å²) in [5, 5.41) is 10.2. The molecule has 1 aliphatic carbocycles. The lowest BCUT2D eigenvalue weighted by Gasteiger charge is -2.23. The molecule has 1 unspecified atom stereocenters. The Labute approximate surface area is 143 Å². The zero-order chi connectivity index (χ0) is 18.2. The van der Waals surface area contributed by atoms with Crippen LogP contribution in [-0.4, -0.2) is 34.5 Å². The molecular weight excluding hydrogens is 335 g/mol. The number of alkyl halides is 3. The molecule has 136 valence electrons. The summed E-state index contributed by atoms with van der Waals surface area (Å²) in [5.41, 5.74) is -1.49. The number of hydrogen-bond acceptors (Lipinski definition) is 3. The molecule has 25 heavy (non-hydrogen) atoms. The summed E-state index contributed by atoms with van der Waals surface area (Å²) in [6.45, 7) is -0.258. The predicted octanol–water partition coefficient (Wildman–Crippen LogP) is 2.93. The van der Waals surface area contributed by atoms with Gasteiger partial charge >= 0.3 is 6.18 Å². The van der Waals surface area contributed by atoms with Crippen LogP contribution < -0.4 is 0 Å². The number of aliphatic hydroxyl groups is 1. The molecule has 1 N–H and O–H groups in total. The van der Waals surface area contributed by atoms with Gasteiger partial charge in [0.2, 0.25) is 11.8 Å². The van der Waals surface area contributed by atoms with Crippen LogP contribution in [0.4, 0.5) is 13.2 Å². The number of rotatable bonds is 4. The minimum absolute atomic E-state index is 0.0443. The van der Waals surface area contributed by atoms with Crippen molar-refractivity contribution in [3.8, 4) is 0 Å². The van der Waals surface area contributed by atoms with Crippen molar-refractivity contribution >= 4 is 11.8 Å². The fourth-order valence-electron chi connectivity index (χ4n) is 3.99. The fourth-order valence-corrected chi connectivity index (χ4v) is 3.99. The molecule has 3 rings (SSSR count). The molecule has 7 heteroatoms. The Hall–Kier alpha value is -1.89. The Kier molecular flexibility index (Phi) is 4.62. The second-order valence-corrected chi connectivity index (χ2v) is 6.99. The Morgan fingerprint density at radius 3 is 2.44 bits per heavy atom. The van der Waals surface area contributed by atoms with E-state index in [1.54, 1.807) is 0 Å². The molecule has 4 nitrogen and oxygen atoms in total. The third-order valence-corrected chi connectivity index (χ3v) is 5.22. The van der Waals surface area contributed by atoms with E-state index in [-0.39, 0.29) is 36.8 Å². The molecule has 1 aromatic carbocycles. The number of carbonyl (C=O) groups excluding carboxylic acids is 2. The Bertz CT molecular complexity index is 680. The van der Waals surface area contributed by atoms with Gasteiger partial charge in [0.1, 0.15) is 0 Å². The van der Waals surface area contributed by atoms with Crippen molar-refractivity contribution in [2.24, 2.45) is 5.41 Å². The number of hydrogen-bond donors (Lipinski definition) is 1. The maximum absolute atomic E-state index is 13.0. The van der Waals surface area contributed by atoms with Crippen molar-refractivity contribution in [2.45, 2.75) is 50.8 Å². The SMILES string of the molecule is O=C1CC2(CCCC2)C(=O)N1CC(O)Cc1ccccc1C(F)(F)F. The van der Waals surface area contributed by atoms with Gasteiger partial charge < -0.3 is 5.11 Å². The molecule has 2 amide bonds. The van der Waals surface area contributed by atoms with Gasteiger partial charge in [0.15, 0.2) is 0 Å². The summed E-state index contributed by atoms with van der Waals surface area (Å²) in [5.74, 6) is -0.617. The maximum Gasteiger partial charge on any atom is 0.416 e. The average Bonchev–Trinajstić information content (AvgIpc) is 3.08. The highest BCUT2D eigenvalue weighted by molar-refractivity contribution is 6.06. The number of imide groups is 1. The Morgan fingerprint density at radius 2 is 1.80 bits per heavy atom. The summed E-state index contributed by atoms with van der Waals surface area (Å²) in [6, 6.07) is 5.02. The van der Waals surface area contributed by atoms with Crippen molar-refractivity contribution < 1.29 is 27.9 Å². The van der Waals surface area contributed by atoms with Gasteiger partial charge in [0.25, 0.3) is 0 Å². The van der Waals surface area contributed by atoms with Crippen molar-refractivity contribution in [2.75, 3.05) is 6.54 Å². The van der Waals surface area contributed by atoms with E-state index in [0.717, 1.165) is 23.8 Å². The lowest BCUT2D eigenvalue weighted by atomic mass is 9.84. The van der Waals surface area contributed by atoms with E-state index in [2.05, 4.69) is 0 Å². The normalized spacial score (nSPS) is 21.4. The molecule has 0 aromatic heterocycles. The number of amides is 2. The lowest BCUT2D eigenvalue weighted by Crippen LogP contribution is -2.40. The molecule has 1 aromatic rings. The second kappa shape index (κ2) is 6.44. The van der Waals surface area contributed by atoms with Crippen LogP contribution in [0.15, 0.2) is 24.3 Å². The summed E-state index contributed by atoms with van der Waals surface area (Å²) < 4.78 is 39.1. The minimum Gasteiger partial charge on any atom is -0.391 e. The van der Waals surface area contributed by atoms with Crippen LogP contribution >= 0.6 is 0 Å². The molecule has 1 spiro atoms. The molecule has 2 fully saturated rings. The van der Waals surface area contributed by atoms with Crippen molar-refractivity contribution in [1.82, 2.24) is 4.90 Å². The van der Waals surface area contributed by atoms with Gasteiger partial charge in [-0.05, 0) is 24.5 Å². The number of halogens is 3. The molecule has 1 saturated heterocycles. The van der Waals surface area contributed by atoms with Crippen LogP contribution in [0.25, 0.3) is 0 Å². The maximum atomic E-state index is 13.0. The molecule has 0 radical (unpaired) electrons. The van der Waals surface area contributed by atoms with Crippen LogP contribution in [0.5, 0.6) is 0 Å². The molecule has 1 aliphatic heterocycles. The fraction of sp³-hybridized carbons (Fsp3) is 0.556. The molecule has 1 saturated carbocycles. The Morgan fingerprint density at radius 1 is 1.16 bits per heavy atom. The van der Waals surface area contributed by atoms with E-state index in [1.807, 2.05) is 0 Å². The number of benzene rings is 1. The average molecular weight is 355 g/mol. The zero-order valence-electron chi connectivity index (χ0n) is 13.7. The van der Waals surface area contributed by atoms with Gasteiger partial charge in [-0.3, -0.25) is 14.5 Å². The van der Waals surface area contributed by atoms with Crippen molar-refractivity contribution in [3.05, 3.63) is 35.4 Å². The molecule has 1 heterocycles. The lowest BCUT2D eigenvalue weighted by molar-refractivity contribution is -0.143. The monoisotopic (exact) mass is 355 g/mol. The van der Waals surface area contributed by atoms with Crippen LogP contribution in [0, 0.1) is 5.41 Å². The standard InChI is InChI=1S/C18H20F3NO3/c19-18(20,21)14-6-2-1-5-12(14)9-13(23)11-22-15(24)10-17(16(22)25)7-3-4-8-17/h1-2,5-6,13,23H,3-4,7-11H2. The topological polar surface area (TPSA) is 57.6 Å². The van der Waals surface area contributed by atoms with Gasteiger partial charge in [-0.25, -0.2) is 0 Å². The number of nitrogens with zero attached hydrogens (tertiary/aromatic N) is 1. The third kappa shape index (κ3) is 3.42. The van der Waals surface area contributed by atoms with Gasteiger partial charge in [-0.2, -0.15) is 13.2 Å². The molecular formula is C18H20F3NO3. The van der Waals surface area contributed by atoms with Gasteiger partial charge in [0.05, 0.1) is 23.6 Å². The summed E-state index contributed by atoms with van der Waals surface area (Å²) in [7, 11) is 0. The van der Waals surface area contributed by atoms with Crippen LogP contribution in [-0.2, 0) is 22.2 Å². The van der Waals surface area contributed by atoms with Gasteiger partial charge in [-0.1, -0.05) is 31.0 Å². The van der Waals surface area contributed by atoms with E-state index in [4.69, 9.17) is 0 Å². The number of carbonyl (C=O) groups is 2. The summed E-state index contributed by atoms with van der Waals surface area (Å²) in [4.78, 5) is 25.8. The first-order valence-corrected chi connectivity index (χ1v) is 8.41. The van der Waals surface area contributed by atoms with Gasteiger partial charge in [0, 0.05) is 12.8 Å². The van der Waals surface area contributed by atoms with E-state index in [9.17, 15) is 27.9 Å². The number of aliphatic hydroxyl groups excluding tert-OH is 1. The number of β-amino-alcohol motifs (C(OH)–C–C–N with tert-alkyl or cyclic N) is 1. The minimum atomic E-state index is -4.51. The van der Waals surface area contributed by atoms with Gasteiger partial charge in [-0.15, -0.1) is 0 Å². The van der Waals surface area contributed by atoms with Crippen molar-refractivity contribution in [1.29, 1.82) is 0 Å². The van der Waals surface area contributed by atoms with Crippen LogP contribution in [0.1, 0.15) is 43.2 Å². The van der Waals surface area contributed by atoms with E-state index < -0.39 is 23.3 Å². The van der Waals surface area contributed by atoms with Crippen LogP contribution in [0.3, 0.4) is 0 Å². The molecule has 2 aliphatic rings. The first-order chi connectivity index (χ1) is 11.7. The third-order valence-electron chi connectivity index (χ3n) is 5.22. The largest absolute Gasteiger partial charge is 0.416 e. The predicted molar refractivity (Wildman–Crippen MR) is 83.4 cm³/mol. The summed E-state index contributed by atoms with van der Waals surface area (Å²) in [6.07, 6.45) is -2.72. The number of likely N-dealkylation sites (tertiary alicyclic amines) is 1. The quantitative estimate of drug-likeness (QED) is 0.845. The highest BCUT2D eigenvalue weighted by Crippen LogP contribution is 2.46. The highest BCUT2D eigenvalue weighted by Gasteiger charge is 2.52. The van der Waals surface area contributed by atoms with Crippen LogP contribution in [0.2, 0.25) is 0 Å². The van der Waals surface area contributed by atoms with E-state index in [0.29, 0.717) is 12.8 Å². The second-order valence-electron chi connectivity index (χ2n) is 6.99. The Balaban J connectivity index is 1.71. The van der Waals surface area contributed by atoms with Crippen molar-refractivity contribution in [3.63, 3.8) is 0 Å².